The van der Waals surface area contributed by atoms with Crippen LogP contribution in [0.2, 0.25) is 25.2 Å². The van der Waals surface area contributed by atoms with Gasteiger partial charge in [-0.25, -0.2) is 4.57 Å². The van der Waals surface area contributed by atoms with Crippen molar-refractivity contribution in [3.05, 3.63) is 64.8 Å². The Kier molecular flexibility index (Phi) is 7.20. The highest BCUT2D eigenvalue weighted by Crippen LogP contribution is 2.43. The largest absolute Gasteiger partial charge is 0.220 e. The van der Waals surface area contributed by atoms with Crippen LogP contribution in [0.4, 0.5) is 0 Å². The maximum absolute atomic E-state index is 9.00. The molecule has 1 aliphatic heterocycles. The second-order valence-electron chi connectivity index (χ2n) is 13.9. The lowest BCUT2D eigenvalue weighted by Crippen LogP contribution is -2.31. The molecular weight excluding hydrogens is 474 g/mol. The summed E-state index contributed by atoms with van der Waals surface area (Å²) in [5.41, 5.74) is 8.80. The van der Waals surface area contributed by atoms with Crippen molar-refractivity contribution in [2.24, 2.45) is 7.05 Å². The standard InChI is InChI=1S/C36H50NSi/c1-26-34(29-13-9-6-10-14-29)24-32(27-11-7-5-8-12-27)25-35(26)36-33-16-15-30(23-31(33)17-20-37(36)2)28-18-21-38(3,4)22-19-28/h15-17,20,23-25,27-29H,5-14,18-19,21-22H2,1-4H3/q+1/i20D. The molecule has 0 N–H and O–H groups in total. The maximum Gasteiger partial charge on any atom is 0.220 e. The lowest BCUT2D eigenvalue weighted by molar-refractivity contribution is -0.659. The van der Waals surface area contributed by atoms with Crippen molar-refractivity contribution >= 4 is 18.8 Å². The van der Waals surface area contributed by atoms with Crippen LogP contribution >= 0.6 is 0 Å². The maximum atomic E-state index is 9.00. The first-order valence-electron chi connectivity index (χ1n) is 16.4. The fourth-order valence-corrected chi connectivity index (χ4v) is 10.7. The highest BCUT2D eigenvalue weighted by molar-refractivity contribution is 6.77. The molecule has 2 aromatic carbocycles. The Morgan fingerprint density at radius 1 is 0.737 bits per heavy atom. The Bertz CT molecular complexity index is 1340. The molecule has 0 amide bonds. The molecule has 0 bridgehead atoms. The van der Waals surface area contributed by atoms with Crippen LogP contribution in [0.25, 0.3) is 22.0 Å². The monoisotopic (exact) mass is 525 g/mol. The van der Waals surface area contributed by atoms with E-state index in [0.29, 0.717) is 23.9 Å². The Balaban J connectivity index is 1.48. The summed E-state index contributed by atoms with van der Waals surface area (Å²) in [6, 6.07) is 17.5. The number of pyridine rings is 1. The van der Waals surface area contributed by atoms with Crippen molar-refractivity contribution in [1.29, 1.82) is 0 Å². The molecule has 6 rings (SSSR count). The van der Waals surface area contributed by atoms with Crippen LogP contribution in [0, 0.1) is 6.92 Å². The zero-order chi connectivity index (χ0) is 27.1. The van der Waals surface area contributed by atoms with Crippen molar-refractivity contribution in [3.63, 3.8) is 0 Å². The molecule has 0 atom stereocenters. The molecule has 3 fully saturated rings. The molecular formula is C36H50NSi+. The third kappa shape index (κ3) is 5.27. The summed E-state index contributed by atoms with van der Waals surface area (Å²) in [6.45, 7) is 7.51. The van der Waals surface area contributed by atoms with Crippen LogP contribution in [0.15, 0.2) is 42.6 Å². The summed E-state index contributed by atoms with van der Waals surface area (Å²) in [5, 5.41) is 2.58. The zero-order valence-corrected chi connectivity index (χ0v) is 25.5. The quantitative estimate of drug-likeness (QED) is 0.236. The summed E-state index contributed by atoms with van der Waals surface area (Å²) in [5.74, 6) is 2.08. The molecule has 2 saturated carbocycles. The smallest absolute Gasteiger partial charge is 0.200 e. The van der Waals surface area contributed by atoms with Crippen molar-refractivity contribution in [3.8, 4) is 11.3 Å². The van der Waals surface area contributed by atoms with Crippen molar-refractivity contribution in [2.45, 2.75) is 127 Å². The van der Waals surface area contributed by atoms with Crippen LogP contribution in [0.5, 0.6) is 0 Å². The van der Waals surface area contributed by atoms with Gasteiger partial charge in [0.05, 0.1) is 10.9 Å². The van der Waals surface area contributed by atoms with E-state index in [9.17, 15) is 0 Å². The van der Waals surface area contributed by atoms with Crippen molar-refractivity contribution in [1.82, 2.24) is 0 Å². The fraction of sp³-hybridized carbons (Fsp3) is 0.583. The Morgan fingerprint density at radius 3 is 2.05 bits per heavy atom. The molecule has 1 aromatic heterocycles. The van der Waals surface area contributed by atoms with Gasteiger partial charge in [0.2, 0.25) is 5.69 Å². The second kappa shape index (κ2) is 10.9. The summed E-state index contributed by atoms with van der Waals surface area (Å²) in [6.07, 6.45) is 16.9. The number of rotatable bonds is 4. The van der Waals surface area contributed by atoms with E-state index in [4.69, 9.17) is 1.37 Å². The number of benzene rings is 2. The van der Waals surface area contributed by atoms with Crippen LogP contribution in [0.3, 0.4) is 0 Å². The Labute approximate surface area is 234 Å². The number of hydrogen-bond donors (Lipinski definition) is 0. The molecule has 1 nitrogen and oxygen atoms in total. The van der Waals surface area contributed by atoms with Crippen molar-refractivity contribution < 1.29 is 5.94 Å². The van der Waals surface area contributed by atoms with Gasteiger partial charge >= 0.3 is 0 Å². The molecule has 0 spiro atoms. The predicted molar refractivity (Wildman–Crippen MR) is 166 cm³/mol. The van der Waals surface area contributed by atoms with E-state index in [1.54, 1.807) is 11.1 Å². The lowest BCUT2D eigenvalue weighted by atomic mass is 9.76. The average Bonchev–Trinajstić information content (AvgIpc) is 2.95. The van der Waals surface area contributed by atoms with Gasteiger partial charge in [-0.05, 0) is 103 Å². The van der Waals surface area contributed by atoms with Gasteiger partial charge in [-0.15, -0.1) is 0 Å². The Hall–Kier alpha value is -1.93. The van der Waals surface area contributed by atoms with Gasteiger partial charge in [0, 0.05) is 14.1 Å². The lowest BCUT2D eigenvalue weighted by Gasteiger charge is -2.33. The average molecular weight is 526 g/mol. The SMILES string of the molecule is [2H]c1cc2cc(C3CC[Si](C)(C)CC3)ccc2c(-c2cc(C3CCCCC3)cc(C3CCCCC3)c2C)[n+]1C. The highest BCUT2D eigenvalue weighted by atomic mass is 28.3. The van der Waals surface area contributed by atoms with E-state index in [1.165, 1.54) is 122 Å². The number of hydrogen-bond acceptors (Lipinski definition) is 0. The Morgan fingerprint density at radius 2 is 1.37 bits per heavy atom. The minimum atomic E-state index is -0.968. The van der Waals surface area contributed by atoms with Crippen LogP contribution in [0.1, 0.15) is 118 Å². The van der Waals surface area contributed by atoms with Crippen LogP contribution in [-0.2, 0) is 7.05 Å². The summed E-state index contributed by atoms with van der Waals surface area (Å²) >= 11 is 0. The van der Waals surface area contributed by atoms with Gasteiger partial charge in [-0.3, -0.25) is 0 Å². The molecule has 2 heterocycles. The minimum absolute atomic E-state index is 0.619. The molecule has 0 unspecified atom stereocenters. The van der Waals surface area contributed by atoms with E-state index in [-0.39, 0.29) is 0 Å². The molecule has 3 aromatic rings. The highest BCUT2D eigenvalue weighted by Gasteiger charge is 2.30. The first-order chi connectivity index (χ1) is 18.8. The fourth-order valence-electron chi connectivity index (χ4n) is 8.16. The molecule has 2 heteroatoms. The van der Waals surface area contributed by atoms with Crippen LogP contribution in [-0.4, -0.2) is 8.07 Å². The molecule has 0 radical (unpaired) electrons. The first-order valence-corrected chi connectivity index (χ1v) is 19.3. The first kappa shape index (κ1) is 25.1. The normalized spacial score (nSPS) is 22.1. The van der Waals surface area contributed by atoms with E-state index < -0.39 is 8.07 Å². The van der Waals surface area contributed by atoms with Gasteiger partial charge in [-0.2, -0.15) is 0 Å². The number of nitrogens with zero attached hydrogens (tertiary/aromatic N) is 1. The van der Waals surface area contributed by atoms with E-state index >= 15 is 0 Å². The van der Waals surface area contributed by atoms with E-state index in [1.807, 2.05) is 0 Å². The van der Waals surface area contributed by atoms with Gasteiger partial charge in [0.15, 0.2) is 6.17 Å². The third-order valence-electron chi connectivity index (χ3n) is 10.7. The summed E-state index contributed by atoms with van der Waals surface area (Å²) in [7, 11) is 1.15. The second-order valence-corrected chi connectivity index (χ2v) is 19.2. The third-order valence-corrected chi connectivity index (χ3v) is 14.0. The van der Waals surface area contributed by atoms with Gasteiger partial charge < -0.3 is 0 Å². The minimum Gasteiger partial charge on any atom is -0.200 e. The molecule has 1 saturated heterocycles. The summed E-state index contributed by atoms with van der Waals surface area (Å²) in [4.78, 5) is 0. The molecule has 3 aliphatic rings. The zero-order valence-electron chi connectivity index (χ0n) is 25.5. The molecule has 38 heavy (non-hydrogen) atoms. The van der Waals surface area contributed by atoms with Gasteiger partial charge in [0.25, 0.3) is 0 Å². The van der Waals surface area contributed by atoms with Crippen LogP contribution < -0.4 is 4.57 Å². The van der Waals surface area contributed by atoms with Gasteiger partial charge in [-0.1, -0.05) is 81.9 Å². The topological polar surface area (TPSA) is 3.88 Å². The predicted octanol–water partition coefficient (Wildman–Crippen LogP) is 10.3. The molecule has 2 aliphatic carbocycles. The molecule has 202 valence electrons. The number of aromatic nitrogens is 1. The number of fused-ring (bicyclic) bond motifs is 1. The van der Waals surface area contributed by atoms with Gasteiger partial charge in [0.1, 0.15) is 8.42 Å². The van der Waals surface area contributed by atoms with E-state index in [2.05, 4.69) is 68.0 Å². The van der Waals surface area contributed by atoms with E-state index in [0.717, 1.165) is 0 Å². The summed E-state index contributed by atoms with van der Waals surface area (Å²) < 4.78 is 11.2. The van der Waals surface area contributed by atoms with Crippen molar-refractivity contribution in [2.75, 3.05) is 0 Å².